The molecule has 0 unspecified atom stereocenters. The van der Waals surface area contributed by atoms with Crippen LogP contribution in [0, 0.1) is 5.82 Å². The number of hydrogen-bond donors (Lipinski definition) is 1. The Morgan fingerprint density at radius 3 is 2.46 bits per heavy atom. The number of alkyl halides is 2. The minimum atomic E-state index is -3.58. The third-order valence-corrected chi connectivity index (χ3v) is 5.91. The van der Waals surface area contributed by atoms with Crippen molar-refractivity contribution in [3.05, 3.63) is 84.3 Å². The lowest BCUT2D eigenvalue weighted by Crippen LogP contribution is -2.46. The summed E-state index contributed by atoms with van der Waals surface area (Å²) < 4.78 is 42.1. The van der Waals surface area contributed by atoms with Gasteiger partial charge in [0, 0.05) is 13.3 Å². The highest BCUT2D eigenvalue weighted by atomic mass is 19.3. The van der Waals surface area contributed by atoms with E-state index in [1.807, 2.05) is 0 Å². The van der Waals surface area contributed by atoms with E-state index in [1.165, 1.54) is 23.2 Å². The maximum Gasteiger partial charge on any atom is 0.321 e. The molecular weight excluding hydrogens is 459 g/mol. The molecule has 2 aromatic heterocycles. The molecule has 1 aliphatic rings. The quantitative estimate of drug-likeness (QED) is 0.466. The van der Waals surface area contributed by atoms with Gasteiger partial charge in [0.2, 0.25) is 5.91 Å². The zero-order valence-corrected chi connectivity index (χ0v) is 18.5. The topological polar surface area (TPSA) is 80.1 Å². The summed E-state index contributed by atoms with van der Waals surface area (Å²) in [6.07, 6.45) is 1.37. The SMILES string of the molecule is CC(F)(F)C(=O)N[C@@H]1CC(=O)N(c2ccc3c(cnn3-c3ccc(F)cc3)n2)[C@H]1c1ccccc1. The van der Waals surface area contributed by atoms with Gasteiger partial charge in [-0.1, -0.05) is 30.3 Å². The summed E-state index contributed by atoms with van der Waals surface area (Å²) in [5.74, 6) is -5.45. The van der Waals surface area contributed by atoms with Crippen molar-refractivity contribution in [1.29, 1.82) is 0 Å². The van der Waals surface area contributed by atoms with Crippen LogP contribution in [0.5, 0.6) is 0 Å². The van der Waals surface area contributed by atoms with Gasteiger partial charge < -0.3 is 5.32 Å². The highest BCUT2D eigenvalue weighted by Crippen LogP contribution is 2.37. The third kappa shape index (κ3) is 4.23. The number of halogens is 3. The first-order chi connectivity index (χ1) is 16.7. The lowest BCUT2D eigenvalue weighted by Gasteiger charge is -2.29. The molecule has 178 valence electrons. The molecule has 3 heterocycles. The third-order valence-electron chi connectivity index (χ3n) is 5.91. The molecule has 0 radical (unpaired) electrons. The second kappa shape index (κ2) is 8.53. The maximum absolute atomic E-state index is 13.6. The summed E-state index contributed by atoms with van der Waals surface area (Å²) in [4.78, 5) is 31.1. The fraction of sp³-hybridized carbons (Fsp3) is 0.200. The summed E-state index contributed by atoms with van der Waals surface area (Å²) in [6.45, 7) is 0.517. The van der Waals surface area contributed by atoms with Crippen LogP contribution >= 0.6 is 0 Å². The average Bonchev–Trinajstić information content (AvgIpc) is 3.39. The predicted octanol–water partition coefficient (Wildman–Crippen LogP) is 4.18. The molecule has 7 nitrogen and oxygen atoms in total. The van der Waals surface area contributed by atoms with E-state index in [-0.39, 0.29) is 18.1 Å². The van der Waals surface area contributed by atoms with Crippen LogP contribution in [-0.2, 0) is 9.59 Å². The molecule has 35 heavy (non-hydrogen) atoms. The van der Waals surface area contributed by atoms with Crippen molar-refractivity contribution in [2.45, 2.75) is 31.4 Å². The molecule has 1 fully saturated rings. The van der Waals surface area contributed by atoms with E-state index in [1.54, 1.807) is 59.3 Å². The molecule has 5 rings (SSSR count). The van der Waals surface area contributed by atoms with Gasteiger partial charge in [0.05, 0.1) is 29.5 Å². The molecule has 2 atom stereocenters. The molecule has 2 amide bonds. The smallest absolute Gasteiger partial charge is 0.321 e. The molecule has 0 saturated carbocycles. The molecule has 2 aromatic carbocycles. The number of aromatic nitrogens is 3. The predicted molar refractivity (Wildman–Crippen MR) is 123 cm³/mol. The number of carbonyl (C=O) groups is 2. The first kappa shape index (κ1) is 22.6. The molecule has 0 aliphatic carbocycles. The monoisotopic (exact) mass is 479 g/mol. The van der Waals surface area contributed by atoms with Crippen molar-refractivity contribution >= 4 is 28.7 Å². The first-order valence-electron chi connectivity index (χ1n) is 10.9. The van der Waals surface area contributed by atoms with Crippen molar-refractivity contribution in [1.82, 2.24) is 20.1 Å². The van der Waals surface area contributed by atoms with Gasteiger partial charge >= 0.3 is 5.92 Å². The van der Waals surface area contributed by atoms with Crippen molar-refractivity contribution in [2.75, 3.05) is 4.90 Å². The highest BCUT2D eigenvalue weighted by Gasteiger charge is 2.45. The fourth-order valence-corrected chi connectivity index (χ4v) is 4.29. The molecule has 10 heteroatoms. The van der Waals surface area contributed by atoms with Crippen molar-refractivity contribution < 1.29 is 22.8 Å². The second-order valence-electron chi connectivity index (χ2n) is 8.40. The van der Waals surface area contributed by atoms with Crippen LogP contribution in [0.15, 0.2) is 72.9 Å². The Balaban J connectivity index is 1.53. The molecule has 1 N–H and O–H groups in total. The van der Waals surface area contributed by atoms with E-state index in [4.69, 9.17) is 0 Å². The van der Waals surface area contributed by atoms with E-state index in [0.717, 1.165) is 0 Å². The second-order valence-corrected chi connectivity index (χ2v) is 8.40. The Labute approximate surface area is 198 Å². The minimum absolute atomic E-state index is 0.157. The number of hydrogen-bond acceptors (Lipinski definition) is 4. The summed E-state index contributed by atoms with van der Waals surface area (Å²) in [5.41, 5.74) is 2.43. The number of nitrogens with one attached hydrogen (secondary N) is 1. The van der Waals surface area contributed by atoms with Crippen molar-refractivity contribution in [3.63, 3.8) is 0 Å². The lowest BCUT2D eigenvalue weighted by atomic mass is 9.99. The minimum Gasteiger partial charge on any atom is -0.345 e. The number of amides is 2. The van der Waals surface area contributed by atoms with Crippen molar-refractivity contribution in [3.8, 4) is 5.69 Å². The highest BCUT2D eigenvalue weighted by molar-refractivity contribution is 5.98. The molecule has 4 aromatic rings. The molecule has 0 spiro atoms. The van der Waals surface area contributed by atoms with Crippen LogP contribution in [0.1, 0.15) is 24.9 Å². The van der Waals surface area contributed by atoms with Gasteiger partial charge in [0.25, 0.3) is 5.91 Å². The zero-order chi connectivity index (χ0) is 24.7. The van der Waals surface area contributed by atoms with E-state index < -0.39 is 23.9 Å². The number of rotatable bonds is 5. The van der Waals surface area contributed by atoms with Gasteiger partial charge in [-0.25, -0.2) is 14.1 Å². The van der Waals surface area contributed by atoms with Crippen LogP contribution in [-0.4, -0.2) is 38.5 Å². The van der Waals surface area contributed by atoms with E-state index in [2.05, 4.69) is 15.4 Å². The van der Waals surface area contributed by atoms with Gasteiger partial charge in [-0.05, 0) is 42.0 Å². The Morgan fingerprint density at radius 1 is 1.06 bits per heavy atom. The Hall–Kier alpha value is -4.21. The van der Waals surface area contributed by atoms with Crippen LogP contribution in [0.3, 0.4) is 0 Å². The van der Waals surface area contributed by atoms with Gasteiger partial charge in [0.1, 0.15) is 17.2 Å². The summed E-state index contributed by atoms with van der Waals surface area (Å²) in [7, 11) is 0. The van der Waals surface area contributed by atoms with Gasteiger partial charge in [-0.3, -0.25) is 14.5 Å². The summed E-state index contributed by atoms with van der Waals surface area (Å²) >= 11 is 0. The van der Waals surface area contributed by atoms with E-state index in [0.29, 0.717) is 35.0 Å². The molecule has 1 saturated heterocycles. The number of pyridine rings is 1. The molecule has 1 aliphatic heterocycles. The Morgan fingerprint density at radius 2 is 1.77 bits per heavy atom. The molecular formula is C25H20F3N5O2. The van der Waals surface area contributed by atoms with Crippen LogP contribution in [0.2, 0.25) is 0 Å². The number of nitrogens with zero attached hydrogens (tertiary/aromatic N) is 4. The number of anilines is 1. The van der Waals surface area contributed by atoms with Crippen molar-refractivity contribution in [2.24, 2.45) is 0 Å². The number of fused-ring (bicyclic) bond motifs is 1. The van der Waals surface area contributed by atoms with Gasteiger partial charge in [-0.2, -0.15) is 13.9 Å². The lowest BCUT2D eigenvalue weighted by molar-refractivity contribution is -0.143. The zero-order valence-electron chi connectivity index (χ0n) is 18.5. The summed E-state index contributed by atoms with van der Waals surface area (Å²) in [6, 6.07) is 16.5. The molecule has 0 bridgehead atoms. The largest absolute Gasteiger partial charge is 0.345 e. The van der Waals surface area contributed by atoms with Crippen LogP contribution in [0.4, 0.5) is 19.0 Å². The fourth-order valence-electron chi connectivity index (χ4n) is 4.29. The van der Waals surface area contributed by atoms with Crippen LogP contribution in [0.25, 0.3) is 16.7 Å². The standard InChI is InChI=1S/C25H20F3N5O2/c1-25(27,28)24(35)31-18-13-22(34)32(23(18)15-5-3-2-4-6-15)21-12-11-20-19(30-21)14-29-33(20)17-9-7-16(26)8-10-17/h2-12,14,18,23H,13H2,1H3,(H,31,35)/t18-,23+/m1/s1. The Kier molecular flexibility index (Phi) is 5.50. The van der Waals surface area contributed by atoms with Crippen LogP contribution < -0.4 is 10.2 Å². The normalized spacial score (nSPS) is 18.3. The van der Waals surface area contributed by atoms with E-state index in [9.17, 15) is 22.8 Å². The van der Waals surface area contributed by atoms with E-state index >= 15 is 0 Å². The maximum atomic E-state index is 13.6. The van der Waals surface area contributed by atoms with Gasteiger partial charge in [-0.15, -0.1) is 0 Å². The number of benzene rings is 2. The average molecular weight is 479 g/mol. The van der Waals surface area contributed by atoms with Gasteiger partial charge in [0.15, 0.2) is 0 Å². The number of carbonyl (C=O) groups excluding carboxylic acids is 2. The Bertz CT molecular complexity index is 1400. The summed E-state index contributed by atoms with van der Waals surface area (Å²) in [5, 5.41) is 6.67. The first-order valence-corrected chi connectivity index (χ1v) is 10.9.